The molecule has 0 heterocycles. The lowest BCUT2D eigenvalue weighted by Crippen LogP contribution is -2.14. The van der Waals surface area contributed by atoms with Crippen LogP contribution in [-0.2, 0) is 16.4 Å². The Labute approximate surface area is 125 Å². The molecule has 1 aliphatic carbocycles. The third-order valence-electron chi connectivity index (χ3n) is 3.74. The second-order valence-electron chi connectivity index (χ2n) is 5.34. The highest BCUT2D eigenvalue weighted by atomic mass is 32.2. The molecule has 0 spiro atoms. The maximum Gasteiger partial charge on any atom is 0.282 e. The fourth-order valence-electron chi connectivity index (χ4n) is 2.60. The van der Waals surface area contributed by atoms with E-state index in [0.29, 0.717) is 12.1 Å². The van der Waals surface area contributed by atoms with Crippen molar-refractivity contribution in [3.8, 4) is 0 Å². The Morgan fingerprint density at radius 2 is 1.67 bits per heavy atom. The summed E-state index contributed by atoms with van der Waals surface area (Å²) in [5, 5.41) is 0. The molecule has 0 N–H and O–H groups in total. The first-order valence-corrected chi connectivity index (χ1v) is 8.49. The first kappa shape index (κ1) is 14.0. The Hall–Kier alpha value is -1.94. The summed E-state index contributed by atoms with van der Waals surface area (Å²) in [4.78, 5) is 0.253. The Morgan fingerprint density at radius 3 is 2.43 bits per heavy atom. The van der Waals surface area contributed by atoms with Crippen molar-refractivity contribution in [2.45, 2.75) is 31.1 Å². The van der Waals surface area contributed by atoms with Gasteiger partial charge in [-0.05, 0) is 49.4 Å². The van der Waals surface area contributed by atoms with Crippen molar-refractivity contribution in [1.29, 1.82) is 0 Å². The third kappa shape index (κ3) is 2.90. The Bertz CT molecular complexity index is 790. The number of aryl methyl sites for hydroxylation is 2. The van der Waals surface area contributed by atoms with Gasteiger partial charge in [-0.25, -0.2) is 0 Å². The zero-order valence-corrected chi connectivity index (χ0v) is 12.7. The molecule has 3 nitrogen and oxygen atoms in total. The lowest BCUT2D eigenvalue weighted by molar-refractivity contribution is 0.597. The molecule has 0 saturated heterocycles. The Balaban J connectivity index is 2.04. The van der Waals surface area contributed by atoms with Crippen LogP contribution in [0.2, 0.25) is 0 Å². The molecule has 0 fully saturated rings. The molecule has 0 aliphatic heterocycles. The molecule has 0 radical (unpaired) electrons. The maximum absolute atomic E-state index is 12.4. The van der Waals surface area contributed by atoms with E-state index in [4.69, 9.17) is 0 Å². The van der Waals surface area contributed by atoms with Gasteiger partial charge in [0.1, 0.15) is 0 Å². The SMILES string of the molecule is Cc1ccc(S(=O)(=O)/N=C2/CCCc3ccccc32)cc1. The molecule has 0 saturated carbocycles. The number of hydrogen-bond acceptors (Lipinski definition) is 2. The summed E-state index contributed by atoms with van der Waals surface area (Å²) in [6, 6.07) is 14.7. The van der Waals surface area contributed by atoms with Crippen LogP contribution in [0.1, 0.15) is 29.5 Å². The van der Waals surface area contributed by atoms with Gasteiger partial charge in [-0.2, -0.15) is 12.8 Å². The minimum atomic E-state index is -3.63. The van der Waals surface area contributed by atoms with Crippen molar-refractivity contribution in [2.24, 2.45) is 4.40 Å². The third-order valence-corrected chi connectivity index (χ3v) is 5.07. The Morgan fingerprint density at radius 1 is 0.952 bits per heavy atom. The van der Waals surface area contributed by atoms with E-state index in [-0.39, 0.29) is 4.90 Å². The predicted octanol–water partition coefficient (Wildman–Crippen LogP) is 3.51. The molecule has 0 unspecified atom stereocenters. The van der Waals surface area contributed by atoms with Crippen LogP contribution < -0.4 is 0 Å². The highest BCUT2D eigenvalue weighted by molar-refractivity contribution is 7.90. The van der Waals surface area contributed by atoms with Crippen molar-refractivity contribution in [1.82, 2.24) is 0 Å². The number of rotatable bonds is 2. The van der Waals surface area contributed by atoms with Crippen molar-refractivity contribution < 1.29 is 8.42 Å². The highest BCUT2D eigenvalue weighted by Crippen LogP contribution is 2.23. The normalized spacial score (nSPS) is 16.7. The molecule has 0 aromatic heterocycles. The first-order valence-electron chi connectivity index (χ1n) is 7.05. The molecule has 2 aromatic carbocycles. The molecule has 21 heavy (non-hydrogen) atoms. The van der Waals surface area contributed by atoms with Crippen LogP contribution in [0, 0.1) is 6.92 Å². The maximum atomic E-state index is 12.4. The molecule has 0 atom stereocenters. The molecule has 0 bridgehead atoms. The summed E-state index contributed by atoms with van der Waals surface area (Å²) in [7, 11) is -3.63. The summed E-state index contributed by atoms with van der Waals surface area (Å²) >= 11 is 0. The average Bonchev–Trinajstić information content (AvgIpc) is 2.48. The molecule has 2 aromatic rings. The van der Waals surface area contributed by atoms with Crippen molar-refractivity contribution >= 4 is 15.7 Å². The summed E-state index contributed by atoms with van der Waals surface area (Å²) in [6.07, 6.45) is 2.64. The summed E-state index contributed by atoms with van der Waals surface area (Å²) in [5.74, 6) is 0. The van der Waals surface area contributed by atoms with Gasteiger partial charge in [0.05, 0.1) is 10.6 Å². The van der Waals surface area contributed by atoms with Crippen LogP contribution in [0.15, 0.2) is 57.8 Å². The zero-order chi connectivity index (χ0) is 14.9. The van der Waals surface area contributed by atoms with Gasteiger partial charge >= 0.3 is 0 Å². The first-order chi connectivity index (χ1) is 10.1. The van der Waals surface area contributed by atoms with Crippen molar-refractivity contribution in [3.05, 3.63) is 65.2 Å². The largest absolute Gasteiger partial charge is 0.282 e. The van der Waals surface area contributed by atoms with Crippen LogP contribution in [0.3, 0.4) is 0 Å². The molecule has 4 heteroatoms. The fraction of sp³-hybridized carbons (Fsp3) is 0.235. The van der Waals surface area contributed by atoms with Gasteiger partial charge in [-0.3, -0.25) is 0 Å². The number of sulfonamides is 1. The fourth-order valence-corrected chi connectivity index (χ4v) is 3.67. The minimum absolute atomic E-state index is 0.253. The molecule has 108 valence electrons. The lowest BCUT2D eigenvalue weighted by atomic mass is 9.90. The smallest absolute Gasteiger partial charge is 0.199 e. The number of nitrogens with zero attached hydrogens (tertiary/aromatic N) is 1. The van der Waals surface area contributed by atoms with E-state index in [0.717, 1.165) is 24.0 Å². The van der Waals surface area contributed by atoms with E-state index in [9.17, 15) is 8.42 Å². The van der Waals surface area contributed by atoms with Gasteiger partial charge in [0.15, 0.2) is 0 Å². The van der Waals surface area contributed by atoms with Gasteiger partial charge < -0.3 is 0 Å². The zero-order valence-electron chi connectivity index (χ0n) is 11.9. The van der Waals surface area contributed by atoms with E-state index in [2.05, 4.69) is 4.40 Å². The quantitative estimate of drug-likeness (QED) is 0.852. The molecule has 0 amide bonds. The van der Waals surface area contributed by atoms with Gasteiger partial charge in [-0.1, -0.05) is 42.0 Å². The summed E-state index contributed by atoms with van der Waals surface area (Å²) in [6.45, 7) is 1.93. The van der Waals surface area contributed by atoms with E-state index in [1.165, 1.54) is 5.56 Å². The lowest BCUT2D eigenvalue weighted by Gasteiger charge is -2.17. The van der Waals surface area contributed by atoms with E-state index >= 15 is 0 Å². The molecular formula is C17H17NO2S. The minimum Gasteiger partial charge on any atom is -0.199 e. The monoisotopic (exact) mass is 299 g/mol. The molecule has 1 aliphatic rings. The number of fused-ring (bicyclic) bond motifs is 1. The van der Waals surface area contributed by atoms with Crippen LogP contribution in [0.5, 0.6) is 0 Å². The topological polar surface area (TPSA) is 46.5 Å². The second-order valence-corrected chi connectivity index (χ2v) is 6.94. The summed E-state index contributed by atoms with van der Waals surface area (Å²) in [5.41, 5.74) is 3.86. The van der Waals surface area contributed by atoms with Crippen LogP contribution in [0.25, 0.3) is 0 Å². The summed E-state index contributed by atoms with van der Waals surface area (Å²) < 4.78 is 29.0. The van der Waals surface area contributed by atoms with Gasteiger partial charge in [0, 0.05) is 0 Å². The van der Waals surface area contributed by atoms with Crippen molar-refractivity contribution in [3.63, 3.8) is 0 Å². The highest BCUT2D eigenvalue weighted by Gasteiger charge is 2.19. The van der Waals surface area contributed by atoms with Gasteiger partial charge in [0.25, 0.3) is 10.0 Å². The van der Waals surface area contributed by atoms with Gasteiger partial charge in [-0.15, -0.1) is 0 Å². The number of hydrogen-bond donors (Lipinski definition) is 0. The van der Waals surface area contributed by atoms with E-state index < -0.39 is 10.0 Å². The average molecular weight is 299 g/mol. The second kappa shape index (κ2) is 5.45. The van der Waals surface area contributed by atoms with Crippen molar-refractivity contribution in [2.75, 3.05) is 0 Å². The van der Waals surface area contributed by atoms with Crippen LogP contribution in [-0.4, -0.2) is 14.1 Å². The standard InChI is InChI=1S/C17H17NO2S/c1-13-9-11-15(12-10-13)21(19,20)18-17-8-4-6-14-5-2-3-7-16(14)17/h2-3,5,7,9-12H,4,6,8H2,1H3/b18-17-. The van der Waals surface area contributed by atoms with Gasteiger partial charge in [0.2, 0.25) is 0 Å². The van der Waals surface area contributed by atoms with E-state index in [1.807, 2.05) is 31.2 Å². The Kier molecular flexibility index (Phi) is 3.64. The predicted molar refractivity (Wildman–Crippen MR) is 84.3 cm³/mol. The number of benzene rings is 2. The van der Waals surface area contributed by atoms with E-state index in [1.54, 1.807) is 24.3 Å². The van der Waals surface area contributed by atoms with Crippen LogP contribution in [0.4, 0.5) is 0 Å². The van der Waals surface area contributed by atoms with Crippen LogP contribution >= 0.6 is 0 Å². The molecule has 3 rings (SSSR count). The molecular weight excluding hydrogens is 282 g/mol.